The van der Waals surface area contributed by atoms with E-state index in [-0.39, 0.29) is 6.73 Å². The third-order valence-corrected chi connectivity index (χ3v) is 2.11. The van der Waals surface area contributed by atoms with Crippen LogP contribution in [0.3, 0.4) is 0 Å². The third kappa shape index (κ3) is 2.07. The highest BCUT2D eigenvalue weighted by molar-refractivity contribution is 5.87. The summed E-state index contributed by atoms with van der Waals surface area (Å²) in [4.78, 5) is 23.1. The maximum absolute atomic E-state index is 11.2. The normalized spacial score (nSPS) is 10.4. The molecule has 0 aromatic carbocycles. The van der Waals surface area contributed by atoms with Gasteiger partial charge in [-0.1, -0.05) is 6.58 Å². The molecule has 2 rings (SSSR count). The van der Waals surface area contributed by atoms with Crippen molar-refractivity contribution in [1.29, 1.82) is 0 Å². The van der Waals surface area contributed by atoms with Crippen molar-refractivity contribution in [2.75, 3.05) is 5.73 Å². The van der Waals surface area contributed by atoms with Crippen molar-refractivity contribution >= 4 is 23.0 Å². The maximum Gasteiger partial charge on any atom is 0.334 e. The van der Waals surface area contributed by atoms with Gasteiger partial charge in [0, 0.05) is 5.57 Å². The van der Waals surface area contributed by atoms with Crippen LogP contribution in [0.1, 0.15) is 6.92 Å². The lowest BCUT2D eigenvalue weighted by Crippen LogP contribution is -2.09. The lowest BCUT2D eigenvalue weighted by molar-refractivity contribution is -0.142. The van der Waals surface area contributed by atoms with Crippen LogP contribution >= 0.6 is 0 Å². The minimum Gasteiger partial charge on any atom is -0.440 e. The first kappa shape index (κ1) is 11.1. The molecule has 7 heteroatoms. The van der Waals surface area contributed by atoms with Crippen LogP contribution in [0.2, 0.25) is 0 Å². The Hall–Kier alpha value is -2.44. The number of nitrogen functional groups attached to an aromatic ring is 1. The van der Waals surface area contributed by atoms with Crippen molar-refractivity contribution in [3.05, 3.63) is 24.8 Å². The second-order valence-electron chi connectivity index (χ2n) is 3.49. The number of anilines is 1. The van der Waals surface area contributed by atoms with Gasteiger partial charge in [-0.25, -0.2) is 19.7 Å². The smallest absolute Gasteiger partial charge is 0.334 e. The Kier molecular flexibility index (Phi) is 2.73. The zero-order chi connectivity index (χ0) is 12.4. The van der Waals surface area contributed by atoms with E-state index in [4.69, 9.17) is 10.5 Å². The van der Waals surface area contributed by atoms with Crippen LogP contribution < -0.4 is 5.73 Å². The van der Waals surface area contributed by atoms with Gasteiger partial charge in [-0.05, 0) is 6.92 Å². The summed E-state index contributed by atoms with van der Waals surface area (Å²) in [6.45, 7) is 5.08. The number of nitrogens with zero attached hydrogens (tertiary/aromatic N) is 4. The number of nitrogens with two attached hydrogens (primary N) is 1. The summed E-state index contributed by atoms with van der Waals surface area (Å²) < 4.78 is 6.54. The highest BCUT2D eigenvalue weighted by atomic mass is 16.5. The quantitative estimate of drug-likeness (QED) is 0.612. The number of fused-ring (bicyclic) bond motifs is 1. The molecule has 88 valence electrons. The van der Waals surface area contributed by atoms with E-state index in [1.54, 1.807) is 11.5 Å². The van der Waals surface area contributed by atoms with Gasteiger partial charge in [0.2, 0.25) is 0 Å². The number of hydrogen-bond acceptors (Lipinski definition) is 6. The molecule has 0 atom stereocenters. The zero-order valence-electron chi connectivity index (χ0n) is 9.25. The second kappa shape index (κ2) is 4.20. The highest BCUT2D eigenvalue weighted by Gasteiger charge is 2.09. The predicted octanol–water partition coefficient (Wildman–Crippen LogP) is 0.485. The molecule has 0 saturated heterocycles. The average molecular weight is 233 g/mol. The van der Waals surface area contributed by atoms with Gasteiger partial charge in [-0.3, -0.25) is 4.57 Å². The number of ether oxygens (including phenoxy) is 1. The molecule has 17 heavy (non-hydrogen) atoms. The summed E-state index contributed by atoms with van der Waals surface area (Å²) in [6, 6.07) is 0. The van der Waals surface area contributed by atoms with Crippen LogP contribution in [0.25, 0.3) is 11.2 Å². The SMILES string of the molecule is C=C(C)C(=O)OCn1cnc2c(N)ncnc21. The van der Waals surface area contributed by atoms with E-state index < -0.39 is 5.97 Å². The third-order valence-electron chi connectivity index (χ3n) is 2.11. The Balaban J connectivity index is 2.23. The molecule has 0 bridgehead atoms. The molecule has 2 aromatic heterocycles. The van der Waals surface area contributed by atoms with Crippen LogP contribution in [-0.2, 0) is 16.3 Å². The van der Waals surface area contributed by atoms with Gasteiger partial charge in [0.05, 0.1) is 6.33 Å². The largest absolute Gasteiger partial charge is 0.440 e. The Bertz CT molecular complexity index is 589. The highest BCUT2D eigenvalue weighted by Crippen LogP contribution is 2.14. The summed E-state index contributed by atoms with van der Waals surface area (Å²) in [5.41, 5.74) is 6.97. The van der Waals surface area contributed by atoms with Crippen LogP contribution in [0, 0.1) is 0 Å². The van der Waals surface area contributed by atoms with Crippen LogP contribution in [-0.4, -0.2) is 25.5 Å². The maximum atomic E-state index is 11.2. The molecule has 0 aliphatic rings. The number of carbonyl (C=O) groups is 1. The van der Waals surface area contributed by atoms with Crippen LogP contribution in [0.15, 0.2) is 24.8 Å². The number of aromatic nitrogens is 4. The molecule has 0 aliphatic heterocycles. The molecule has 2 aromatic rings. The molecule has 0 spiro atoms. The molecule has 7 nitrogen and oxygen atoms in total. The van der Waals surface area contributed by atoms with Crippen LogP contribution in [0.4, 0.5) is 5.82 Å². The molecule has 0 unspecified atom stereocenters. The fourth-order valence-electron chi connectivity index (χ4n) is 1.24. The Labute approximate surface area is 96.9 Å². The van der Waals surface area contributed by atoms with Gasteiger partial charge < -0.3 is 10.5 Å². The van der Waals surface area contributed by atoms with E-state index >= 15 is 0 Å². The molecular weight excluding hydrogens is 222 g/mol. The van der Waals surface area contributed by atoms with Crippen molar-refractivity contribution in [2.45, 2.75) is 13.7 Å². The van der Waals surface area contributed by atoms with E-state index in [0.717, 1.165) is 0 Å². The van der Waals surface area contributed by atoms with Crippen molar-refractivity contribution < 1.29 is 9.53 Å². The molecule has 0 aliphatic carbocycles. The number of hydrogen-bond donors (Lipinski definition) is 1. The first-order valence-corrected chi connectivity index (χ1v) is 4.83. The standard InChI is InChI=1S/C10H11N5O2/c1-6(2)10(16)17-5-15-4-14-7-8(11)12-3-13-9(7)15/h3-4H,1,5H2,2H3,(H2,11,12,13). The van der Waals surface area contributed by atoms with Gasteiger partial charge in [0.1, 0.15) is 11.8 Å². The van der Waals surface area contributed by atoms with Gasteiger partial charge >= 0.3 is 5.97 Å². The minimum absolute atomic E-state index is 0.0125. The van der Waals surface area contributed by atoms with E-state index in [1.165, 1.54) is 12.7 Å². The van der Waals surface area contributed by atoms with Crippen molar-refractivity contribution in [3.63, 3.8) is 0 Å². The van der Waals surface area contributed by atoms with Gasteiger partial charge in [-0.15, -0.1) is 0 Å². The number of carbonyl (C=O) groups excluding carboxylic acids is 1. The molecule has 0 saturated carbocycles. The van der Waals surface area contributed by atoms with E-state index in [1.807, 2.05) is 0 Å². The monoisotopic (exact) mass is 233 g/mol. The van der Waals surface area contributed by atoms with Crippen molar-refractivity contribution in [3.8, 4) is 0 Å². The summed E-state index contributed by atoms with van der Waals surface area (Å²) >= 11 is 0. The summed E-state index contributed by atoms with van der Waals surface area (Å²) in [5.74, 6) is -0.172. The lowest BCUT2D eigenvalue weighted by Gasteiger charge is -2.05. The zero-order valence-corrected chi connectivity index (χ0v) is 9.25. The molecule has 0 fully saturated rings. The first-order chi connectivity index (χ1) is 8.09. The Morgan fingerprint density at radius 1 is 1.53 bits per heavy atom. The first-order valence-electron chi connectivity index (χ1n) is 4.83. The van der Waals surface area contributed by atoms with E-state index in [9.17, 15) is 4.79 Å². The fourth-order valence-corrected chi connectivity index (χ4v) is 1.24. The molecule has 0 amide bonds. The second-order valence-corrected chi connectivity index (χ2v) is 3.49. The summed E-state index contributed by atoms with van der Waals surface area (Å²) in [5, 5.41) is 0. The predicted molar refractivity (Wildman–Crippen MR) is 60.6 cm³/mol. The Morgan fingerprint density at radius 3 is 3.00 bits per heavy atom. The van der Waals surface area contributed by atoms with Crippen LogP contribution in [0.5, 0.6) is 0 Å². The topological polar surface area (TPSA) is 95.9 Å². The van der Waals surface area contributed by atoms with Gasteiger partial charge in [-0.2, -0.15) is 0 Å². The minimum atomic E-state index is -0.464. The van der Waals surface area contributed by atoms with Gasteiger partial charge in [0.15, 0.2) is 18.2 Å². The van der Waals surface area contributed by atoms with E-state index in [0.29, 0.717) is 22.6 Å². The van der Waals surface area contributed by atoms with E-state index in [2.05, 4.69) is 21.5 Å². The number of rotatable bonds is 3. The lowest BCUT2D eigenvalue weighted by atomic mass is 10.4. The molecule has 0 radical (unpaired) electrons. The summed E-state index contributed by atoms with van der Waals surface area (Å²) in [7, 11) is 0. The average Bonchev–Trinajstić information content (AvgIpc) is 2.70. The van der Waals surface area contributed by atoms with Crippen molar-refractivity contribution in [2.24, 2.45) is 0 Å². The summed E-state index contributed by atoms with van der Waals surface area (Å²) in [6.07, 6.45) is 2.82. The fraction of sp³-hybridized carbons (Fsp3) is 0.200. The molecule has 2 heterocycles. The number of esters is 1. The molecular formula is C10H11N5O2. The van der Waals surface area contributed by atoms with Crippen molar-refractivity contribution in [1.82, 2.24) is 19.5 Å². The van der Waals surface area contributed by atoms with Gasteiger partial charge in [0.25, 0.3) is 0 Å². The number of imidazole rings is 1. The molecule has 2 N–H and O–H groups in total. The Morgan fingerprint density at radius 2 is 2.29 bits per heavy atom.